The Morgan fingerprint density at radius 3 is 2.46 bits per heavy atom. The van der Waals surface area contributed by atoms with Crippen molar-refractivity contribution in [2.45, 2.75) is 17.9 Å². The molecule has 0 saturated carbocycles. The highest BCUT2D eigenvalue weighted by Crippen LogP contribution is 2.36. The second-order valence-electron chi connectivity index (χ2n) is 6.18. The number of halogens is 1. The highest BCUT2D eigenvalue weighted by Gasteiger charge is 2.41. The number of benzene rings is 1. The maximum Gasteiger partial charge on any atom is 0.264 e. The number of aromatic nitrogens is 1. The average Bonchev–Trinajstić information content (AvgIpc) is 2.59. The predicted molar refractivity (Wildman–Crippen MR) is 101 cm³/mol. The van der Waals surface area contributed by atoms with Crippen LogP contribution in [0.15, 0.2) is 59.3 Å². The lowest BCUT2D eigenvalue weighted by Crippen LogP contribution is -2.46. The van der Waals surface area contributed by atoms with Crippen molar-refractivity contribution < 1.29 is 13.2 Å². The summed E-state index contributed by atoms with van der Waals surface area (Å²) in [6.45, 7) is 1.69. The van der Waals surface area contributed by atoms with E-state index in [9.17, 15) is 13.2 Å². The first kappa shape index (κ1) is 18.4. The molecule has 2 heterocycles. The van der Waals surface area contributed by atoms with Gasteiger partial charge >= 0.3 is 0 Å². The Kier molecular flexibility index (Phi) is 4.77. The molecule has 1 atom stereocenters. The third-order valence-electron chi connectivity index (χ3n) is 4.07. The molecule has 0 N–H and O–H groups in total. The zero-order valence-corrected chi connectivity index (χ0v) is 16.1. The number of hydrogen-bond acceptors (Lipinski definition) is 5. The summed E-state index contributed by atoms with van der Waals surface area (Å²) in [6.07, 6.45) is 3.11. The molecule has 0 spiro atoms. The summed E-state index contributed by atoms with van der Waals surface area (Å²) in [4.78, 5) is 18.8. The van der Waals surface area contributed by atoms with Gasteiger partial charge in [0, 0.05) is 37.1 Å². The summed E-state index contributed by atoms with van der Waals surface area (Å²) in [5.74, 6) is -0.274. The molecule has 1 aromatic heterocycles. The van der Waals surface area contributed by atoms with Crippen LogP contribution in [0.2, 0.25) is 5.02 Å². The molecule has 26 heavy (non-hydrogen) atoms. The molecule has 1 unspecified atom stereocenters. The van der Waals surface area contributed by atoms with Crippen molar-refractivity contribution in [1.82, 2.24) is 9.88 Å². The molecule has 0 amide bonds. The molecule has 1 aliphatic heterocycles. The van der Waals surface area contributed by atoms with Gasteiger partial charge in [-0.3, -0.25) is 14.1 Å². The van der Waals surface area contributed by atoms with Gasteiger partial charge in [-0.15, -0.1) is 0 Å². The first-order valence-corrected chi connectivity index (χ1v) is 9.73. The van der Waals surface area contributed by atoms with Gasteiger partial charge in [0.15, 0.2) is 0 Å². The van der Waals surface area contributed by atoms with Gasteiger partial charge in [0.25, 0.3) is 10.0 Å². The van der Waals surface area contributed by atoms with Crippen LogP contribution in [0.1, 0.15) is 17.4 Å². The van der Waals surface area contributed by atoms with Gasteiger partial charge in [-0.05, 0) is 43.3 Å². The lowest BCUT2D eigenvalue weighted by Gasteiger charge is -2.36. The Bertz CT molecular complexity index is 985. The van der Waals surface area contributed by atoms with E-state index in [1.165, 1.54) is 34.8 Å². The fourth-order valence-corrected chi connectivity index (χ4v) is 4.68. The molecule has 8 heteroatoms. The van der Waals surface area contributed by atoms with E-state index < -0.39 is 16.1 Å². The molecule has 0 bridgehead atoms. The monoisotopic (exact) mass is 391 g/mol. The normalized spacial score (nSPS) is 18.8. The van der Waals surface area contributed by atoms with Crippen LogP contribution in [0.25, 0.3) is 0 Å². The maximum atomic E-state index is 13.3. The Morgan fingerprint density at radius 2 is 1.85 bits per heavy atom. The first-order valence-electron chi connectivity index (χ1n) is 7.91. The van der Waals surface area contributed by atoms with E-state index in [0.29, 0.717) is 10.6 Å². The molecular weight excluding hydrogens is 374 g/mol. The number of hydrogen-bond donors (Lipinski definition) is 0. The molecule has 1 aromatic carbocycles. The zero-order chi connectivity index (χ0) is 19.1. The van der Waals surface area contributed by atoms with Gasteiger partial charge < -0.3 is 4.90 Å². The van der Waals surface area contributed by atoms with Crippen molar-refractivity contribution in [3.63, 3.8) is 0 Å². The first-order chi connectivity index (χ1) is 12.2. The Labute approximate surface area is 157 Å². The second-order valence-corrected chi connectivity index (χ2v) is 8.43. The largest absolute Gasteiger partial charge is 0.383 e. The minimum atomic E-state index is -3.91. The van der Waals surface area contributed by atoms with E-state index in [1.807, 2.05) is 0 Å². The van der Waals surface area contributed by atoms with Crippen molar-refractivity contribution in [2.75, 3.05) is 18.4 Å². The number of sulfonamides is 1. The predicted octanol–water partition coefficient (Wildman–Crippen LogP) is 2.96. The van der Waals surface area contributed by atoms with Gasteiger partial charge in [0.05, 0.1) is 16.6 Å². The van der Waals surface area contributed by atoms with Crippen LogP contribution in [0.5, 0.6) is 0 Å². The average molecular weight is 392 g/mol. The summed E-state index contributed by atoms with van der Waals surface area (Å²) in [5.41, 5.74) is 0.755. The standard InChI is InChI=1S/C18H18ClN3O3S/c1-12-15(11-21(2)3)18(23)17-16(5-4-10-20-17)22(12)26(24,25)14-8-6-13(19)7-9-14/h4-12H,1-3H3/b15-11-. The molecule has 1 aliphatic rings. The fourth-order valence-electron chi connectivity index (χ4n) is 2.91. The van der Waals surface area contributed by atoms with Crippen LogP contribution in [-0.4, -0.2) is 44.2 Å². The lowest BCUT2D eigenvalue weighted by molar-refractivity contribution is 0.101. The zero-order valence-electron chi connectivity index (χ0n) is 14.5. The SMILES string of the molecule is CC1/C(=C/N(C)C)C(=O)c2ncccc2N1S(=O)(=O)c1ccc(Cl)cc1. The molecular formula is C18H18ClN3O3S. The van der Waals surface area contributed by atoms with Gasteiger partial charge in [0.2, 0.25) is 5.78 Å². The quantitative estimate of drug-likeness (QED) is 0.752. The van der Waals surface area contributed by atoms with E-state index in [2.05, 4.69) is 4.98 Å². The van der Waals surface area contributed by atoms with E-state index in [-0.39, 0.29) is 22.1 Å². The van der Waals surface area contributed by atoms with Gasteiger partial charge in [0.1, 0.15) is 5.69 Å². The number of carbonyl (C=O) groups is 1. The van der Waals surface area contributed by atoms with Crippen LogP contribution in [0.4, 0.5) is 5.69 Å². The second kappa shape index (κ2) is 6.74. The Hall–Kier alpha value is -2.38. The summed E-state index contributed by atoms with van der Waals surface area (Å²) in [7, 11) is -0.357. The van der Waals surface area contributed by atoms with Gasteiger partial charge in [-0.25, -0.2) is 8.42 Å². The molecule has 2 aromatic rings. The lowest BCUT2D eigenvalue weighted by atomic mass is 9.96. The topological polar surface area (TPSA) is 70.6 Å². The minimum Gasteiger partial charge on any atom is -0.383 e. The van der Waals surface area contributed by atoms with Crippen molar-refractivity contribution in [3.8, 4) is 0 Å². The summed E-state index contributed by atoms with van der Waals surface area (Å²) >= 11 is 5.88. The third-order valence-corrected chi connectivity index (χ3v) is 6.22. The molecule has 0 saturated heterocycles. The molecule has 0 aliphatic carbocycles. The van der Waals surface area contributed by atoms with Crippen molar-refractivity contribution in [3.05, 3.63) is 65.1 Å². The molecule has 3 rings (SSSR count). The molecule has 0 fully saturated rings. The molecule has 6 nitrogen and oxygen atoms in total. The summed E-state index contributed by atoms with van der Waals surface area (Å²) in [6, 6.07) is 8.48. The Morgan fingerprint density at radius 1 is 1.19 bits per heavy atom. The van der Waals surface area contributed by atoms with Crippen LogP contribution in [0, 0.1) is 0 Å². The molecule has 136 valence electrons. The van der Waals surface area contributed by atoms with Gasteiger partial charge in [-0.2, -0.15) is 0 Å². The van der Waals surface area contributed by atoms with Crippen LogP contribution in [0.3, 0.4) is 0 Å². The number of pyridine rings is 1. The Balaban J connectivity index is 2.23. The van der Waals surface area contributed by atoms with E-state index in [1.54, 1.807) is 44.3 Å². The smallest absolute Gasteiger partial charge is 0.264 e. The highest BCUT2D eigenvalue weighted by atomic mass is 35.5. The minimum absolute atomic E-state index is 0.0992. The number of fused-ring (bicyclic) bond motifs is 1. The van der Waals surface area contributed by atoms with Crippen molar-refractivity contribution in [2.24, 2.45) is 0 Å². The van der Waals surface area contributed by atoms with E-state index in [0.717, 1.165) is 0 Å². The number of ketones is 1. The van der Waals surface area contributed by atoms with E-state index >= 15 is 0 Å². The van der Waals surface area contributed by atoms with Crippen molar-refractivity contribution >= 4 is 33.1 Å². The summed E-state index contributed by atoms with van der Waals surface area (Å²) < 4.78 is 27.9. The molecule has 0 radical (unpaired) electrons. The van der Waals surface area contributed by atoms with Gasteiger partial charge in [-0.1, -0.05) is 11.6 Å². The fraction of sp³-hybridized carbons (Fsp3) is 0.222. The van der Waals surface area contributed by atoms with Crippen LogP contribution < -0.4 is 4.31 Å². The third kappa shape index (κ3) is 3.08. The van der Waals surface area contributed by atoms with Crippen LogP contribution in [-0.2, 0) is 10.0 Å². The number of nitrogens with zero attached hydrogens (tertiary/aromatic N) is 3. The number of rotatable bonds is 3. The van der Waals surface area contributed by atoms with E-state index in [4.69, 9.17) is 11.6 Å². The number of Topliss-reactive ketones (excluding diaryl/α,β-unsaturated/α-hetero) is 1. The number of anilines is 1. The van der Waals surface area contributed by atoms with Crippen LogP contribution >= 0.6 is 11.6 Å². The number of carbonyl (C=O) groups excluding carboxylic acids is 1. The van der Waals surface area contributed by atoms with Crippen molar-refractivity contribution in [1.29, 1.82) is 0 Å². The summed E-state index contributed by atoms with van der Waals surface area (Å²) in [5, 5.41) is 0.445. The highest BCUT2D eigenvalue weighted by molar-refractivity contribution is 7.92. The maximum absolute atomic E-state index is 13.3.